The van der Waals surface area contributed by atoms with E-state index in [1.165, 1.54) is 11.3 Å². The number of hydrogen-bond acceptors (Lipinski definition) is 6. The van der Waals surface area contributed by atoms with Crippen LogP contribution in [0.4, 0.5) is 5.69 Å². The molecule has 3 aliphatic rings. The van der Waals surface area contributed by atoms with Crippen LogP contribution in [0.15, 0.2) is 30.4 Å². The minimum atomic E-state index is -0.615. The molecule has 4 amide bonds. The molecule has 2 saturated heterocycles. The van der Waals surface area contributed by atoms with Crippen LogP contribution >= 0.6 is 0 Å². The second-order valence-corrected chi connectivity index (χ2v) is 10.7. The summed E-state index contributed by atoms with van der Waals surface area (Å²) in [6, 6.07) is 4.64. The number of nitrogens with two attached hydrogens (primary N) is 1. The molecule has 0 spiro atoms. The molecule has 0 saturated carbocycles. The van der Waals surface area contributed by atoms with Crippen molar-refractivity contribution in [2.45, 2.75) is 70.4 Å². The van der Waals surface area contributed by atoms with Gasteiger partial charge in [0.15, 0.2) is 0 Å². The highest BCUT2D eigenvalue weighted by Gasteiger charge is 2.42. The summed E-state index contributed by atoms with van der Waals surface area (Å²) in [6.45, 7) is 4.11. The first-order valence-corrected chi connectivity index (χ1v) is 14.0. The van der Waals surface area contributed by atoms with Crippen molar-refractivity contribution in [3.05, 3.63) is 41.5 Å². The van der Waals surface area contributed by atoms with Crippen LogP contribution in [0.25, 0.3) is 0 Å². The van der Waals surface area contributed by atoms with E-state index in [4.69, 9.17) is 5.73 Å². The Morgan fingerprint density at radius 1 is 1.08 bits per heavy atom. The molecule has 38 heavy (non-hydrogen) atoms. The van der Waals surface area contributed by atoms with Gasteiger partial charge in [-0.3, -0.25) is 24.1 Å². The number of benzene rings is 1. The maximum absolute atomic E-state index is 13.2. The number of rotatable bonds is 11. The van der Waals surface area contributed by atoms with Crippen molar-refractivity contribution in [2.24, 2.45) is 0 Å². The lowest BCUT2D eigenvalue weighted by molar-refractivity contribution is -0.152. The summed E-state index contributed by atoms with van der Waals surface area (Å²) in [5.41, 5.74) is 7.92. The van der Waals surface area contributed by atoms with Crippen LogP contribution in [0.1, 0.15) is 73.7 Å². The van der Waals surface area contributed by atoms with Crippen molar-refractivity contribution in [2.75, 3.05) is 45.5 Å². The van der Waals surface area contributed by atoms with E-state index in [-0.39, 0.29) is 30.0 Å². The first-order valence-electron chi connectivity index (χ1n) is 14.0. The van der Waals surface area contributed by atoms with Gasteiger partial charge < -0.3 is 20.4 Å². The first-order chi connectivity index (χ1) is 18.4. The zero-order valence-corrected chi connectivity index (χ0v) is 22.6. The average Bonchev–Trinajstić information content (AvgIpc) is 3.25. The van der Waals surface area contributed by atoms with Gasteiger partial charge in [0.25, 0.3) is 11.8 Å². The number of carbonyl (C=O) groups excluding carboxylic acids is 4. The van der Waals surface area contributed by atoms with E-state index in [9.17, 15) is 19.2 Å². The third-order valence-electron chi connectivity index (χ3n) is 7.91. The summed E-state index contributed by atoms with van der Waals surface area (Å²) < 4.78 is 0. The molecule has 3 aliphatic heterocycles. The van der Waals surface area contributed by atoms with Crippen molar-refractivity contribution in [3.63, 3.8) is 0 Å². The predicted molar refractivity (Wildman–Crippen MR) is 146 cm³/mol. The Balaban J connectivity index is 1.15. The first kappa shape index (κ1) is 27.8. The molecule has 206 valence electrons. The number of nitrogen functional groups attached to an aromatic ring is 1. The van der Waals surface area contributed by atoms with Crippen molar-refractivity contribution >= 4 is 29.3 Å². The largest absolute Gasteiger partial charge is 0.398 e. The van der Waals surface area contributed by atoms with E-state index >= 15 is 0 Å². The highest BCUT2D eigenvalue weighted by molar-refractivity contribution is 6.06. The lowest BCUT2D eigenvalue weighted by Gasteiger charge is -2.35. The van der Waals surface area contributed by atoms with Crippen molar-refractivity contribution in [3.8, 4) is 0 Å². The van der Waals surface area contributed by atoms with Gasteiger partial charge in [0, 0.05) is 62.0 Å². The summed E-state index contributed by atoms with van der Waals surface area (Å²) >= 11 is 0. The molecule has 1 atom stereocenters. The van der Waals surface area contributed by atoms with Gasteiger partial charge >= 0.3 is 0 Å². The summed E-state index contributed by atoms with van der Waals surface area (Å²) in [5, 5.41) is 0. The van der Waals surface area contributed by atoms with Crippen LogP contribution < -0.4 is 5.73 Å². The molecule has 0 bridgehead atoms. The Morgan fingerprint density at radius 3 is 2.61 bits per heavy atom. The van der Waals surface area contributed by atoms with Crippen molar-refractivity contribution in [1.29, 1.82) is 0 Å². The van der Waals surface area contributed by atoms with Gasteiger partial charge in [0.1, 0.15) is 6.04 Å². The number of piperidine rings is 2. The molecule has 9 heteroatoms. The summed E-state index contributed by atoms with van der Waals surface area (Å²) in [6.07, 6.45) is 11.4. The van der Waals surface area contributed by atoms with Gasteiger partial charge in [-0.25, -0.2) is 0 Å². The maximum atomic E-state index is 13.2. The van der Waals surface area contributed by atoms with Crippen LogP contribution in [-0.4, -0.2) is 89.0 Å². The van der Waals surface area contributed by atoms with E-state index in [1.807, 2.05) is 18.0 Å². The molecule has 0 aliphatic carbocycles. The number of anilines is 1. The second-order valence-electron chi connectivity index (χ2n) is 10.7. The van der Waals surface area contributed by atoms with E-state index in [0.717, 1.165) is 70.3 Å². The Labute approximate surface area is 225 Å². The number of hydrogen-bond donors (Lipinski definition) is 1. The Kier molecular flexibility index (Phi) is 9.55. The third kappa shape index (κ3) is 6.62. The minimum absolute atomic E-state index is 0.116. The molecular formula is C29H41N5O4. The Bertz CT molecular complexity index is 1070. The number of nitrogens with zero attached hydrogens (tertiary/aromatic N) is 4. The molecule has 0 radical (unpaired) electrons. The van der Waals surface area contributed by atoms with Crippen LogP contribution in [0.5, 0.6) is 0 Å². The number of carbonyl (C=O) groups is 4. The van der Waals surface area contributed by atoms with E-state index in [1.54, 1.807) is 29.2 Å². The number of imide groups is 1. The highest BCUT2D eigenvalue weighted by Crippen LogP contribution is 2.32. The number of amides is 4. The van der Waals surface area contributed by atoms with E-state index < -0.39 is 6.04 Å². The third-order valence-corrected chi connectivity index (χ3v) is 7.91. The topological polar surface area (TPSA) is 107 Å². The molecule has 3 heterocycles. The summed E-state index contributed by atoms with van der Waals surface area (Å²) in [5.74, 6) is -0.494. The normalized spacial score (nSPS) is 20.2. The van der Waals surface area contributed by atoms with Gasteiger partial charge in [-0.05, 0) is 64.3 Å². The standard InChI is InChI=1S/C29H41N5O4/c1-31(17-10-13-26(35)32-18-6-4-7-19-32)16-5-2-3-8-20-33-27(36)15-14-25(29(33)38)34-21-23-22(28(34)37)11-9-12-24(23)30/h9-13,25H,2-8,14-21,30H2,1H3/b13-10+. The molecule has 2 fully saturated rings. The fraction of sp³-hybridized carbons (Fsp3) is 0.586. The number of unbranched alkanes of at least 4 members (excludes halogenated alkanes) is 3. The zero-order valence-electron chi connectivity index (χ0n) is 22.6. The molecular weight excluding hydrogens is 482 g/mol. The smallest absolute Gasteiger partial charge is 0.255 e. The average molecular weight is 524 g/mol. The Hall–Kier alpha value is -3.20. The SMILES string of the molecule is CN(C/C=C/C(=O)N1CCCCC1)CCCCCCN1C(=O)CCC(N2Cc3c(N)cccc3C2=O)C1=O. The number of likely N-dealkylation sites (N-methyl/N-ethyl adjacent to an activating group) is 1. The second kappa shape index (κ2) is 13.0. The maximum Gasteiger partial charge on any atom is 0.255 e. The van der Waals surface area contributed by atoms with Crippen LogP contribution in [0.3, 0.4) is 0 Å². The molecule has 0 aromatic heterocycles. The van der Waals surface area contributed by atoms with Gasteiger partial charge in [-0.2, -0.15) is 0 Å². The molecule has 1 aromatic rings. The van der Waals surface area contributed by atoms with E-state index in [2.05, 4.69) is 4.90 Å². The van der Waals surface area contributed by atoms with Gasteiger partial charge in [0.05, 0.1) is 0 Å². The van der Waals surface area contributed by atoms with Gasteiger partial charge in [-0.1, -0.05) is 25.0 Å². The van der Waals surface area contributed by atoms with Gasteiger partial charge in [0.2, 0.25) is 11.8 Å². The summed E-state index contributed by atoms with van der Waals surface area (Å²) in [7, 11) is 2.05. The minimum Gasteiger partial charge on any atom is -0.398 e. The predicted octanol–water partition coefficient (Wildman–Crippen LogP) is 2.80. The lowest BCUT2D eigenvalue weighted by atomic mass is 10.0. The van der Waals surface area contributed by atoms with Crippen LogP contribution in [0, 0.1) is 0 Å². The van der Waals surface area contributed by atoms with Crippen molar-refractivity contribution in [1.82, 2.24) is 19.6 Å². The van der Waals surface area contributed by atoms with Crippen LogP contribution in [0.2, 0.25) is 0 Å². The molecule has 1 unspecified atom stereocenters. The lowest BCUT2D eigenvalue weighted by Crippen LogP contribution is -2.54. The fourth-order valence-corrected chi connectivity index (χ4v) is 5.63. The number of fused-ring (bicyclic) bond motifs is 1. The molecule has 9 nitrogen and oxygen atoms in total. The van der Waals surface area contributed by atoms with Crippen molar-refractivity contribution < 1.29 is 19.2 Å². The zero-order chi connectivity index (χ0) is 27.1. The fourth-order valence-electron chi connectivity index (χ4n) is 5.63. The Morgan fingerprint density at radius 2 is 1.84 bits per heavy atom. The number of likely N-dealkylation sites (tertiary alicyclic amines) is 2. The molecule has 2 N–H and O–H groups in total. The molecule has 1 aromatic carbocycles. The quantitative estimate of drug-likeness (QED) is 0.207. The summed E-state index contributed by atoms with van der Waals surface area (Å²) in [4.78, 5) is 57.9. The van der Waals surface area contributed by atoms with Crippen LogP contribution in [-0.2, 0) is 20.9 Å². The molecule has 4 rings (SSSR count). The van der Waals surface area contributed by atoms with E-state index in [0.29, 0.717) is 30.8 Å². The highest BCUT2D eigenvalue weighted by atomic mass is 16.2. The monoisotopic (exact) mass is 523 g/mol. The van der Waals surface area contributed by atoms with Gasteiger partial charge in [-0.15, -0.1) is 0 Å².